The molecule has 0 unspecified atom stereocenters. The molecule has 0 radical (unpaired) electrons. The average molecular weight is 456 g/mol. The monoisotopic (exact) mass is 455 g/mol. The van der Waals surface area contributed by atoms with Gasteiger partial charge in [0.05, 0.1) is 21.3 Å². The molecular weight excluding hydrogens is 437 g/mol. The van der Waals surface area contributed by atoms with Crippen LogP contribution in [0.3, 0.4) is 0 Å². The Morgan fingerprint density at radius 3 is 2.50 bits per heavy atom. The summed E-state index contributed by atoms with van der Waals surface area (Å²) in [6.07, 6.45) is 1.88. The number of amidine groups is 1. The average Bonchev–Trinajstić information content (AvgIpc) is 3.18. The maximum atomic E-state index is 12.5. The van der Waals surface area contributed by atoms with Gasteiger partial charge in [-0.15, -0.1) is 0 Å². The van der Waals surface area contributed by atoms with E-state index in [0.29, 0.717) is 20.1 Å². The number of hydrogen-bond acceptors (Lipinski definition) is 3. The Kier molecular flexibility index (Phi) is 5.78. The highest BCUT2D eigenvalue weighted by atomic mass is 35.5. The molecule has 30 heavy (non-hydrogen) atoms. The van der Waals surface area contributed by atoms with Gasteiger partial charge >= 0.3 is 0 Å². The summed E-state index contributed by atoms with van der Waals surface area (Å²) in [5, 5.41) is 4.64. The molecule has 4 rings (SSSR count). The van der Waals surface area contributed by atoms with E-state index in [1.807, 2.05) is 67.8 Å². The maximum absolute atomic E-state index is 12.5. The molecule has 1 N–H and O–H groups in total. The first kappa shape index (κ1) is 20.8. The van der Waals surface area contributed by atoms with Crippen LogP contribution < -0.4 is 5.32 Å². The number of nitrogens with one attached hydrogen (secondary N) is 1. The van der Waals surface area contributed by atoms with Gasteiger partial charge in [0.1, 0.15) is 0 Å². The first-order valence-corrected chi connectivity index (χ1v) is 10.9. The molecule has 1 saturated heterocycles. The first-order valence-electron chi connectivity index (χ1n) is 9.32. The van der Waals surface area contributed by atoms with E-state index in [1.165, 1.54) is 11.8 Å². The van der Waals surface area contributed by atoms with Crippen molar-refractivity contribution in [2.24, 2.45) is 4.99 Å². The number of aromatic nitrogens is 1. The molecule has 1 aromatic heterocycles. The standard InChI is InChI=1S/C23H19Cl2N3OS/c1-13-4-7-18(8-5-13)26-23-27-22(29)21(30-23)11-16-10-14(2)28(15(16)3)20-12-17(24)6-9-19(20)25/h4-12H,1-3H3,(H,26,27,29)/b21-11+. The van der Waals surface area contributed by atoms with Crippen molar-refractivity contribution in [2.45, 2.75) is 20.8 Å². The van der Waals surface area contributed by atoms with Gasteiger partial charge in [-0.3, -0.25) is 4.79 Å². The van der Waals surface area contributed by atoms with Crippen molar-refractivity contribution >= 4 is 57.8 Å². The Bertz CT molecular complexity index is 1210. The summed E-state index contributed by atoms with van der Waals surface area (Å²) in [5.41, 5.74) is 5.70. The number of halogens is 2. The molecule has 4 nitrogen and oxygen atoms in total. The molecule has 152 valence electrons. The smallest absolute Gasteiger partial charge is 0.264 e. The minimum Gasteiger partial charge on any atom is -0.316 e. The number of aryl methyl sites for hydroxylation is 2. The summed E-state index contributed by atoms with van der Waals surface area (Å²) in [6, 6.07) is 15.3. The van der Waals surface area contributed by atoms with Gasteiger partial charge in [0.2, 0.25) is 0 Å². The lowest BCUT2D eigenvalue weighted by Gasteiger charge is -2.12. The molecule has 0 aliphatic carbocycles. The Labute approximate surface area is 189 Å². The predicted octanol–water partition coefficient (Wildman–Crippen LogP) is 6.60. The number of benzene rings is 2. The van der Waals surface area contributed by atoms with Gasteiger partial charge < -0.3 is 9.88 Å². The molecule has 2 aromatic carbocycles. The van der Waals surface area contributed by atoms with Crippen molar-refractivity contribution in [1.29, 1.82) is 0 Å². The second-order valence-electron chi connectivity index (χ2n) is 7.07. The third kappa shape index (κ3) is 4.19. The number of hydrogen-bond donors (Lipinski definition) is 1. The Balaban J connectivity index is 1.66. The molecule has 1 aliphatic heterocycles. The van der Waals surface area contributed by atoms with Gasteiger partial charge in [-0.05, 0) is 80.6 Å². The highest BCUT2D eigenvalue weighted by Crippen LogP contribution is 2.32. The Morgan fingerprint density at radius 1 is 1.03 bits per heavy atom. The van der Waals surface area contributed by atoms with Crippen LogP contribution >= 0.6 is 35.0 Å². The summed E-state index contributed by atoms with van der Waals surface area (Å²) in [6.45, 7) is 6.02. The largest absolute Gasteiger partial charge is 0.316 e. The van der Waals surface area contributed by atoms with Crippen molar-refractivity contribution < 1.29 is 4.79 Å². The molecule has 0 saturated carbocycles. The third-order valence-electron chi connectivity index (χ3n) is 4.82. The lowest BCUT2D eigenvalue weighted by atomic mass is 10.2. The molecule has 1 amide bonds. The van der Waals surface area contributed by atoms with Crippen molar-refractivity contribution in [1.82, 2.24) is 9.88 Å². The van der Waals surface area contributed by atoms with Crippen LogP contribution in [0.4, 0.5) is 5.69 Å². The molecule has 3 aromatic rings. The van der Waals surface area contributed by atoms with Crippen LogP contribution in [0, 0.1) is 20.8 Å². The fraction of sp³-hybridized carbons (Fsp3) is 0.130. The van der Waals surface area contributed by atoms with Crippen molar-refractivity contribution in [3.8, 4) is 5.69 Å². The number of rotatable bonds is 3. The number of thioether (sulfide) groups is 1. The van der Waals surface area contributed by atoms with Gasteiger partial charge in [0.25, 0.3) is 5.91 Å². The fourth-order valence-corrected chi connectivity index (χ4v) is 4.52. The minimum atomic E-state index is -0.156. The number of carbonyl (C=O) groups excluding carboxylic acids is 1. The van der Waals surface area contributed by atoms with Crippen LogP contribution in [0.1, 0.15) is 22.5 Å². The lowest BCUT2D eigenvalue weighted by molar-refractivity contribution is -0.115. The second-order valence-corrected chi connectivity index (χ2v) is 8.95. The van der Waals surface area contributed by atoms with E-state index in [9.17, 15) is 4.79 Å². The van der Waals surface area contributed by atoms with Gasteiger partial charge in [0, 0.05) is 16.4 Å². The van der Waals surface area contributed by atoms with Crippen LogP contribution in [0.2, 0.25) is 10.0 Å². The van der Waals surface area contributed by atoms with Crippen LogP contribution in [0.25, 0.3) is 11.8 Å². The van der Waals surface area contributed by atoms with E-state index < -0.39 is 0 Å². The normalized spacial score (nSPS) is 16.5. The number of nitrogens with zero attached hydrogens (tertiary/aromatic N) is 2. The van der Waals surface area contributed by atoms with E-state index >= 15 is 0 Å². The van der Waals surface area contributed by atoms with Crippen LogP contribution in [0.5, 0.6) is 0 Å². The minimum absolute atomic E-state index is 0.156. The zero-order chi connectivity index (χ0) is 21.4. The molecule has 1 fully saturated rings. The molecular formula is C23H19Cl2N3OS. The molecule has 1 aliphatic rings. The number of aliphatic imine (C=N–C) groups is 1. The molecule has 0 bridgehead atoms. The summed E-state index contributed by atoms with van der Waals surface area (Å²) < 4.78 is 2.04. The SMILES string of the molecule is Cc1ccc(N=C2NC(=O)/C(=C\c3cc(C)n(-c4cc(Cl)ccc4Cl)c3C)S2)cc1. The van der Waals surface area contributed by atoms with Crippen molar-refractivity contribution in [2.75, 3.05) is 0 Å². The summed E-state index contributed by atoms with van der Waals surface area (Å²) >= 11 is 13.9. The van der Waals surface area contributed by atoms with Crippen LogP contribution in [-0.4, -0.2) is 15.6 Å². The fourth-order valence-electron chi connectivity index (χ4n) is 3.32. The zero-order valence-electron chi connectivity index (χ0n) is 16.7. The topological polar surface area (TPSA) is 46.4 Å². The first-order chi connectivity index (χ1) is 14.3. The molecule has 0 spiro atoms. The highest BCUT2D eigenvalue weighted by molar-refractivity contribution is 8.18. The molecule has 7 heteroatoms. The quantitative estimate of drug-likeness (QED) is 0.452. The van der Waals surface area contributed by atoms with Crippen molar-refractivity contribution in [3.63, 3.8) is 0 Å². The maximum Gasteiger partial charge on any atom is 0.264 e. The molecule has 0 atom stereocenters. The zero-order valence-corrected chi connectivity index (χ0v) is 19.0. The van der Waals surface area contributed by atoms with Gasteiger partial charge in [-0.1, -0.05) is 40.9 Å². The Hall–Kier alpha value is -2.47. The van der Waals surface area contributed by atoms with Gasteiger partial charge in [0.15, 0.2) is 5.17 Å². The second kappa shape index (κ2) is 8.34. The van der Waals surface area contributed by atoms with E-state index in [2.05, 4.69) is 10.3 Å². The van der Waals surface area contributed by atoms with Crippen LogP contribution in [0.15, 0.2) is 58.4 Å². The summed E-state index contributed by atoms with van der Waals surface area (Å²) in [7, 11) is 0. The van der Waals surface area contributed by atoms with Gasteiger partial charge in [-0.2, -0.15) is 0 Å². The van der Waals surface area contributed by atoms with Crippen molar-refractivity contribution in [3.05, 3.63) is 86.0 Å². The third-order valence-corrected chi connectivity index (χ3v) is 6.29. The van der Waals surface area contributed by atoms with E-state index in [1.54, 1.807) is 12.1 Å². The highest BCUT2D eigenvalue weighted by Gasteiger charge is 2.24. The summed E-state index contributed by atoms with van der Waals surface area (Å²) in [5.74, 6) is -0.156. The lowest BCUT2D eigenvalue weighted by Crippen LogP contribution is -2.19. The van der Waals surface area contributed by atoms with E-state index in [4.69, 9.17) is 23.2 Å². The molecule has 2 heterocycles. The Morgan fingerprint density at radius 2 is 1.77 bits per heavy atom. The van der Waals surface area contributed by atoms with E-state index in [-0.39, 0.29) is 5.91 Å². The summed E-state index contributed by atoms with van der Waals surface area (Å²) in [4.78, 5) is 17.6. The van der Waals surface area contributed by atoms with Gasteiger partial charge in [-0.25, -0.2) is 4.99 Å². The number of carbonyl (C=O) groups is 1. The van der Waals surface area contributed by atoms with Crippen LogP contribution in [-0.2, 0) is 4.79 Å². The number of amides is 1. The predicted molar refractivity (Wildman–Crippen MR) is 127 cm³/mol. The van der Waals surface area contributed by atoms with E-state index in [0.717, 1.165) is 33.9 Å².